The smallest absolute Gasteiger partial charge is 0.311 e. The second kappa shape index (κ2) is 5.95. The average Bonchev–Trinajstić information content (AvgIpc) is 2.35. The Morgan fingerprint density at radius 1 is 1.56 bits per heavy atom. The van der Waals surface area contributed by atoms with Crippen LogP contribution in [0.2, 0.25) is 0 Å². The summed E-state index contributed by atoms with van der Waals surface area (Å²) in [6.45, 7) is 3.49. The number of nitrogens with one attached hydrogen (secondary N) is 1. The summed E-state index contributed by atoms with van der Waals surface area (Å²) >= 11 is 3.17. The fraction of sp³-hybridized carbons (Fsp3) is 0.417. The molecule has 1 unspecified atom stereocenters. The maximum absolute atomic E-state index is 11.8. The number of aromatic nitrogens is 1. The van der Waals surface area contributed by atoms with Crippen molar-refractivity contribution < 1.29 is 14.7 Å². The van der Waals surface area contributed by atoms with Gasteiger partial charge < -0.3 is 10.4 Å². The summed E-state index contributed by atoms with van der Waals surface area (Å²) in [5, 5.41) is 11.7. The molecule has 1 atom stereocenters. The number of amides is 1. The number of hydrogen-bond donors (Lipinski definition) is 2. The van der Waals surface area contributed by atoms with Crippen LogP contribution >= 0.6 is 15.9 Å². The molecule has 6 heteroatoms. The van der Waals surface area contributed by atoms with Crippen LogP contribution in [0.15, 0.2) is 22.9 Å². The van der Waals surface area contributed by atoms with Crippen LogP contribution in [0.3, 0.4) is 0 Å². The molecule has 0 aliphatic rings. The van der Waals surface area contributed by atoms with E-state index in [9.17, 15) is 9.59 Å². The Kier molecular flexibility index (Phi) is 4.84. The van der Waals surface area contributed by atoms with Crippen molar-refractivity contribution in [3.63, 3.8) is 0 Å². The molecule has 1 amide bonds. The van der Waals surface area contributed by atoms with Crippen molar-refractivity contribution in [2.75, 3.05) is 6.54 Å². The van der Waals surface area contributed by atoms with Gasteiger partial charge in [0.05, 0.1) is 5.41 Å². The van der Waals surface area contributed by atoms with Crippen molar-refractivity contribution in [3.05, 3.63) is 28.5 Å². The summed E-state index contributed by atoms with van der Waals surface area (Å²) in [5.74, 6) is -1.22. The lowest BCUT2D eigenvalue weighted by atomic mass is 9.87. The Labute approximate surface area is 114 Å². The fourth-order valence-corrected chi connectivity index (χ4v) is 1.64. The Hall–Kier alpha value is -1.43. The highest BCUT2D eigenvalue weighted by molar-refractivity contribution is 9.10. The SMILES string of the molecule is CCC(C)(CNC(=O)c1ccnc(Br)c1)C(=O)O. The number of aliphatic carboxylic acids is 1. The molecule has 1 heterocycles. The van der Waals surface area contributed by atoms with E-state index in [0.29, 0.717) is 16.6 Å². The van der Waals surface area contributed by atoms with Crippen LogP contribution in [-0.2, 0) is 4.79 Å². The molecule has 0 bridgehead atoms. The zero-order valence-electron chi connectivity index (χ0n) is 10.2. The first-order valence-corrected chi connectivity index (χ1v) is 6.31. The molecular formula is C12H15BrN2O3. The van der Waals surface area contributed by atoms with Crippen molar-refractivity contribution in [1.82, 2.24) is 10.3 Å². The van der Waals surface area contributed by atoms with Crippen molar-refractivity contribution >= 4 is 27.8 Å². The number of pyridine rings is 1. The summed E-state index contributed by atoms with van der Waals surface area (Å²) in [6, 6.07) is 3.16. The van der Waals surface area contributed by atoms with Crippen LogP contribution in [0.25, 0.3) is 0 Å². The van der Waals surface area contributed by atoms with Gasteiger partial charge in [-0.1, -0.05) is 6.92 Å². The van der Waals surface area contributed by atoms with E-state index in [1.165, 1.54) is 6.20 Å². The minimum absolute atomic E-state index is 0.0948. The third-order valence-electron chi connectivity index (χ3n) is 2.92. The van der Waals surface area contributed by atoms with Gasteiger partial charge in [0.25, 0.3) is 5.91 Å². The molecule has 0 saturated heterocycles. The lowest BCUT2D eigenvalue weighted by Gasteiger charge is -2.23. The number of carboxylic acid groups (broad SMARTS) is 1. The van der Waals surface area contributed by atoms with Gasteiger partial charge in [-0.25, -0.2) is 4.98 Å². The van der Waals surface area contributed by atoms with Crippen molar-refractivity contribution in [2.45, 2.75) is 20.3 Å². The van der Waals surface area contributed by atoms with Crippen molar-refractivity contribution in [1.29, 1.82) is 0 Å². The summed E-state index contributed by atoms with van der Waals surface area (Å²) in [6.07, 6.45) is 1.96. The molecule has 0 fully saturated rings. The Morgan fingerprint density at radius 3 is 2.72 bits per heavy atom. The molecule has 0 spiro atoms. The summed E-state index contributed by atoms with van der Waals surface area (Å²) in [7, 11) is 0. The first-order valence-electron chi connectivity index (χ1n) is 5.52. The lowest BCUT2D eigenvalue weighted by molar-refractivity contribution is -0.147. The standard InChI is InChI=1S/C12H15BrN2O3/c1-3-12(2,11(17)18)7-15-10(16)8-4-5-14-9(13)6-8/h4-6H,3,7H2,1-2H3,(H,15,16)(H,17,18). The van der Waals surface area contributed by atoms with E-state index in [0.717, 1.165) is 0 Å². The number of carbonyl (C=O) groups is 2. The van der Waals surface area contributed by atoms with Crippen LogP contribution in [0.1, 0.15) is 30.6 Å². The van der Waals surface area contributed by atoms with Crippen LogP contribution in [0.5, 0.6) is 0 Å². The monoisotopic (exact) mass is 314 g/mol. The molecule has 18 heavy (non-hydrogen) atoms. The highest BCUT2D eigenvalue weighted by Gasteiger charge is 2.31. The second-order valence-corrected chi connectivity index (χ2v) is 5.08. The molecule has 0 saturated carbocycles. The number of carbonyl (C=O) groups excluding carboxylic acids is 1. The molecular weight excluding hydrogens is 300 g/mol. The van der Waals surface area contributed by atoms with Crippen molar-refractivity contribution in [3.8, 4) is 0 Å². The van der Waals surface area contributed by atoms with E-state index < -0.39 is 11.4 Å². The molecule has 1 aromatic heterocycles. The van der Waals surface area contributed by atoms with E-state index in [4.69, 9.17) is 5.11 Å². The molecule has 1 rings (SSSR count). The zero-order valence-corrected chi connectivity index (χ0v) is 11.8. The predicted molar refractivity (Wildman–Crippen MR) is 70.3 cm³/mol. The van der Waals surface area contributed by atoms with Gasteiger partial charge in [0.2, 0.25) is 0 Å². The third kappa shape index (κ3) is 3.53. The third-order valence-corrected chi connectivity index (χ3v) is 3.36. The van der Waals surface area contributed by atoms with E-state index >= 15 is 0 Å². The first kappa shape index (κ1) is 14.6. The van der Waals surface area contributed by atoms with E-state index in [1.54, 1.807) is 26.0 Å². The van der Waals surface area contributed by atoms with Gasteiger partial charge in [0.15, 0.2) is 0 Å². The maximum Gasteiger partial charge on any atom is 0.311 e. The van der Waals surface area contributed by atoms with Gasteiger partial charge in [-0.15, -0.1) is 0 Å². The molecule has 0 aliphatic carbocycles. The van der Waals surface area contributed by atoms with Gasteiger partial charge in [0.1, 0.15) is 4.60 Å². The lowest BCUT2D eigenvalue weighted by Crippen LogP contribution is -2.40. The summed E-state index contributed by atoms with van der Waals surface area (Å²) < 4.78 is 0.562. The molecule has 0 aromatic carbocycles. The highest BCUT2D eigenvalue weighted by atomic mass is 79.9. The van der Waals surface area contributed by atoms with Gasteiger partial charge in [-0.2, -0.15) is 0 Å². The van der Waals surface area contributed by atoms with Crippen LogP contribution < -0.4 is 5.32 Å². The number of carboxylic acids is 1. The molecule has 2 N–H and O–H groups in total. The van der Waals surface area contributed by atoms with E-state index in [1.807, 2.05) is 0 Å². The Bertz CT molecular complexity index is 464. The number of halogens is 1. The largest absolute Gasteiger partial charge is 0.481 e. The second-order valence-electron chi connectivity index (χ2n) is 4.27. The number of nitrogens with zero attached hydrogens (tertiary/aromatic N) is 1. The average molecular weight is 315 g/mol. The normalized spacial score (nSPS) is 13.7. The van der Waals surface area contributed by atoms with Gasteiger partial charge >= 0.3 is 5.97 Å². The molecule has 5 nitrogen and oxygen atoms in total. The quantitative estimate of drug-likeness (QED) is 0.815. The zero-order chi connectivity index (χ0) is 13.8. The van der Waals surface area contributed by atoms with Gasteiger partial charge in [-0.05, 0) is 41.4 Å². The topological polar surface area (TPSA) is 79.3 Å². The fourth-order valence-electron chi connectivity index (χ4n) is 1.27. The van der Waals surface area contributed by atoms with E-state index in [2.05, 4.69) is 26.2 Å². The maximum atomic E-state index is 11.8. The summed E-state index contributed by atoms with van der Waals surface area (Å²) in [4.78, 5) is 26.8. The molecule has 98 valence electrons. The number of hydrogen-bond acceptors (Lipinski definition) is 3. The first-order chi connectivity index (χ1) is 8.39. The van der Waals surface area contributed by atoms with Gasteiger partial charge in [0, 0.05) is 18.3 Å². The summed E-state index contributed by atoms with van der Waals surface area (Å²) in [5.41, 5.74) is -0.499. The highest BCUT2D eigenvalue weighted by Crippen LogP contribution is 2.20. The van der Waals surface area contributed by atoms with Crippen LogP contribution in [0.4, 0.5) is 0 Å². The van der Waals surface area contributed by atoms with Gasteiger partial charge in [-0.3, -0.25) is 9.59 Å². The van der Waals surface area contributed by atoms with E-state index in [-0.39, 0.29) is 12.5 Å². The van der Waals surface area contributed by atoms with Crippen LogP contribution in [0, 0.1) is 5.41 Å². The molecule has 0 aliphatic heterocycles. The number of rotatable bonds is 5. The minimum Gasteiger partial charge on any atom is -0.481 e. The minimum atomic E-state index is -0.945. The van der Waals surface area contributed by atoms with Crippen LogP contribution in [-0.4, -0.2) is 28.5 Å². The Balaban J connectivity index is 2.69. The molecule has 1 aromatic rings. The predicted octanol–water partition coefficient (Wildman–Crippen LogP) is 2.07. The van der Waals surface area contributed by atoms with Crippen molar-refractivity contribution in [2.24, 2.45) is 5.41 Å². The Morgan fingerprint density at radius 2 is 2.22 bits per heavy atom. The molecule has 0 radical (unpaired) electrons.